The van der Waals surface area contributed by atoms with Crippen molar-refractivity contribution in [2.75, 3.05) is 16.8 Å². The van der Waals surface area contributed by atoms with Crippen LogP contribution in [0.2, 0.25) is 0 Å². The number of hydrogen-bond acceptors (Lipinski definition) is 6. The van der Waals surface area contributed by atoms with E-state index in [-0.39, 0.29) is 24.3 Å². The van der Waals surface area contributed by atoms with Crippen molar-refractivity contribution in [2.24, 2.45) is 0 Å². The van der Waals surface area contributed by atoms with Crippen LogP contribution in [0.25, 0.3) is 0 Å². The Hall–Kier alpha value is -3.78. The molecule has 3 aromatic rings. The second-order valence-corrected chi connectivity index (χ2v) is 8.88. The molecule has 1 N–H and O–H groups in total. The minimum absolute atomic E-state index is 0.260. The first kappa shape index (κ1) is 21.1. The number of anilines is 2. The number of nitrogens with one attached hydrogen (secondary N) is 1. The Bertz CT molecular complexity index is 1270. The zero-order chi connectivity index (χ0) is 23.1. The first-order valence-corrected chi connectivity index (χ1v) is 11.5. The predicted octanol–water partition coefficient (Wildman–Crippen LogP) is 4.47. The van der Waals surface area contributed by atoms with Crippen molar-refractivity contribution in [2.45, 2.75) is 26.2 Å². The SMILES string of the molecule is CCOC(=O)c1c(NC(=O)c2ccc(N3C(=O)c4ccccc4C3=O)cc2)sc2c1CCC2. The molecule has 3 amide bonds. The van der Waals surface area contributed by atoms with Gasteiger partial charge in [-0.2, -0.15) is 0 Å². The third-order valence-electron chi connectivity index (χ3n) is 5.81. The third kappa shape index (κ3) is 3.52. The highest BCUT2D eigenvalue weighted by molar-refractivity contribution is 7.17. The van der Waals surface area contributed by atoms with Gasteiger partial charge in [-0.15, -0.1) is 11.3 Å². The molecular weight excluding hydrogens is 440 g/mol. The number of benzene rings is 2. The highest BCUT2D eigenvalue weighted by atomic mass is 32.1. The fraction of sp³-hybridized carbons (Fsp3) is 0.200. The molecule has 1 aliphatic heterocycles. The van der Waals surface area contributed by atoms with E-state index in [0.717, 1.165) is 34.6 Å². The van der Waals surface area contributed by atoms with Gasteiger partial charge in [-0.3, -0.25) is 14.4 Å². The molecule has 2 aromatic carbocycles. The van der Waals surface area contributed by atoms with Crippen LogP contribution in [0.5, 0.6) is 0 Å². The lowest BCUT2D eigenvalue weighted by Gasteiger charge is -2.14. The van der Waals surface area contributed by atoms with Gasteiger partial charge in [-0.1, -0.05) is 12.1 Å². The Morgan fingerprint density at radius 1 is 1.00 bits per heavy atom. The summed E-state index contributed by atoms with van der Waals surface area (Å²) in [4.78, 5) is 53.0. The van der Waals surface area contributed by atoms with Crippen LogP contribution in [-0.4, -0.2) is 30.3 Å². The lowest BCUT2D eigenvalue weighted by atomic mass is 10.1. The average molecular weight is 461 g/mol. The number of rotatable bonds is 5. The molecule has 0 atom stereocenters. The number of esters is 1. The number of fused-ring (bicyclic) bond motifs is 2. The molecule has 8 heteroatoms. The summed E-state index contributed by atoms with van der Waals surface area (Å²) in [6, 6.07) is 12.9. The van der Waals surface area contributed by atoms with E-state index in [9.17, 15) is 19.2 Å². The summed E-state index contributed by atoms with van der Waals surface area (Å²) in [6.45, 7) is 2.01. The Morgan fingerprint density at radius 3 is 2.30 bits per heavy atom. The van der Waals surface area contributed by atoms with E-state index in [2.05, 4.69) is 5.32 Å². The summed E-state index contributed by atoms with van der Waals surface area (Å²) in [6.07, 6.45) is 2.67. The molecule has 7 nitrogen and oxygen atoms in total. The van der Waals surface area contributed by atoms with Gasteiger partial charge in [0, 0.05) is 10.4 Å². The number of aryl methyl sites for hydroxylation is 1. The molecule has 0 radical (unpaired) electrons. The van der Waals surface area contributed by atoms with E-state index in [1.165, 1.54) is 11.3 Å². The molecule has 33 heavy (non-hydrogen) atoms. The summed E-state index contributed by atoms with van der Waals surface area (Å²) >= 11 is 1.41. The normalized spacial score (nSPS) is 14.3. The maximum Gasteiger partial charge on any atom is 0.341 e. The minimum atomic E-state index is -0.423. The number of carbonyl (C=O) groups is 4. The third-order valence-corrected chi connectivity index (χ3v) is 7.02. The molecule has 1 aromatic heterocycles. The quantitative estimate of drug-likeness (QED) is 0.448. The molecular formula is C25H20N2O5S. The van der Waals surface area contributed by atoms with Gasteiger partial charge in [-0.05, 0) is 68.1 Å². The van der Waals surface area contributed by atoms with E-state index in [4.69, 9.17) is 4.74 Å². The number of ether oxygens (including phenoxy) is 1. The molecule has 5 rings (SSSR count). The summed E-state index contributed by atoms with van der Waals surface area (Å²) in [7, 11) is 0. The Morgan fingerprint density at radius 2 is 1.67 bits per heavy atom. The highest BCUT2D eigenvalue weighted by Gasteiger charge is 2.36. The van der Waals surface area contributed by atoms with Gasteiger partial charge in [0.05, 0.1) is 29.0 Å². The fourth-order valence-electron chi connectivity index (χ4n) is 4.27. The zero-order valence-electron chi connectivity index (χ0n) is 17.8. The first-order chi connectivity index (χ1) is 16.0. The number of imide groups is 1. The number of carbonyl (C=O) groups excluding carboxylic acids is 4. The molecule has 0 saturated heterocycles. The monoisotopic (exact) mass is 460 g/mol. The minimum Gasteiger partial charge on any atom is -0.462 e. The lowest BCUT2D eigenvalue weighted by Crippen LogP contribution is -2.29. The van der Waals surface area contributed by atoms with Gasteiger partial charge in [0.25, 0.3) is 17.7 Å². The van der Waals surface area contributed by atoms with Crippen LogP contribution >= 0.6 is 11.3 Å². The van der Waals surface area contributed by atoms with E-state index in [1.54, 1.807) is 55.5 Å². The van der Waals surface area contributed by atoms with Gasteiger partial charge in [0.15, 0.2) is 0 Å². The number of amides is 3. The molecule has 0 fully saturated rings. The molecule has 2 heterocycles. The smallest absolute Gasteiger partial charge is 0.341 e. The standard InChI is InChI=1S/C25H20N2O5S/c1-2-32-25(31)20-18-8-5-9-19(18)33-22(20)26-21(28)14-10-12-15(13-11-14)27-23(29)16-6-3-4-7-17(16)24(27)30/h3-4,6-7,10-13H,2,5,8-9H2,1H3,(H,26,28). The zero-order valence-corrected chi connectivity index (χ0v) is 18.7. The fourth-order valence-corrected chi connectivity index (χ4v) is 5.54. The van der Waals surface area contributed by atoms with E-state index < -0.39 is 5.97 Å². The summed E-state index contributed by atoms with van der Waals surface area (Å²) < 4.78 is 5.21. The van der Waals surface area contributed by atoms with Crippen molar-refractivity contribution in [1.29, 1.82) is 0 Å². The Balaban J connectivity index is 1.37. The largest absolute Gasteiger partial charge is 0.462 e. The van der Waals surface area contributed by atoms with Gasteiger partial charge < -0.3 is 10.1 Å². The predicted molar refractivity (Wildman–Crippen MR) is 124 cm³/mol. The molecule has 1 aliphatic carbocycles. The van der Waals surface area contributed by atoms with Crippen molar-refractivity contribution in [3.05, 3.63) is 81.2 Å². The number of nitrogens with zero attached hydrogens (tertiary/aromatic N) is 1. The van der Waals surface area contributed by atoms with Crippen molar-refractivity contribution in [3.63, 3.8) is 0 Å². The van der Waals surface area contributed by atoms with Crippen LogP contribution in [0.1, 0.15) is 65.2 Å². The summed E-state index contributed by atoms with van der Waals surface area (Å²) in [5.74, 6) is -1.58. The maximum absolute atomic E-state index is 12.9. The first-order valence-electron chi connectivity index (χ1n) is 10.7. The molecule has 0 spiro atoms. The number of thiophene rings is 1. The average Bonchev–Trinajstić information content (AvgIpc) is 3.47. The second-order valence-electron chi connectivity index (χ2n) is 7.77. The van der Waals surface area contributed by atoms with Gasteiger partial charge in [-0.25, -0.2) is 9.69 Å². The van der Waals surface area contributed by atoms with Crippen molar-refractivity contribution >= 4 is 45.7 Å². The van der Waals surface area contributed by atoms with E-state index >= 15 is 0 Å². The molecule has 166 valence electrons. The van der Waals surface area contributed by atoms with Gasteiger partial charge in [0.2, 0.25) is 0 Å². The van der Waals surface area contributed by atoms with Crippen LogP contribution < -0.4 is 10.2 Å². The van der Waals surface area contributed by atoms with Crippen LogP contribution in [0.15, 0.2) is 48.5 Å². The molecule has 2 aliphatic rings. The lowest BCUT2D eigenvalue weighted by molar-refractivity contribution is 0.0526. The van der Waals surface area contributed by atoms with Crippen LogP contribution in [0.3, 0.4) is 0 Å². The Labute approximate surface area is 194 Å². The van der Waals surface area contributed by atoms with Crippen LogP contribution in [-0.2, 0) is 17.6 Å². The molecule has 0 unspecified atom stereocenters. The van der Waals surface area contributed by atoms with Crippen molar-refractivity contribution < 1.29 is 23.9 Å². The topological polar surface area (TPSA) is 92.8 Å². The van der Waals surface area contributed by atoms with Crippen LogP contribution in [0, 0.1) is 0 Å². The summed E-state index contributed by atoms with van der Waals surface area (Å²) in [5, 5.41) is 3.34. The molecule has 0 bridgehead atoms. The van der Waals surface area contributed by atoms with Gasteiger partial charge in [0.1, 0.15) is 5.00 Å². The maximum atomic E-state index is 12.9. The highest BCUT2D eigenvalue weighted by Crippen LogP contribution is 2.39. The second kappa shape index (κ2) is 8.29. The summed E-state index contributed by atoms with van der Waals surface area (Å²) in [5.41, 5.74) is 2.88. The molecule has 0 saturated carbocycles. The van der Waals surface area contributed by atoms with Crippen molar-refractivity contribution in [1.82, 2.24) is 0 Å². The van der Waals surface area contributed by atoms with E-state index in [0.29, 0.717) is 32.9 Å². The van der Waals surface area contributed by atoms with Gasteiger partial charge >= 0.3 is 5.97 Å². The van der Waals surface area contributed by atoms with Crippen molar-refractivity contribution in [3.8, 4) is 0 Å². The van der Waals surface area contributed by atoms with E-state index in [1.807, 2.05) is 0 Å². The Kier molecular flexibility index (Phi) is 5.30. The number of hydrogen-bond donors (Lipinski definition) is 1. The van der Waals surface area contributed by atoms with Crippen LogP contribution in [0.4, 0.5) is 10.7 Å².